The first-order valence-electron chi connectivity index (χ1n) is 9.30. The third kappa shape index (κ3) is 4.87. The lowest BCUT2D eigenvalue weighted by Crippen LogP contribution is -2.35. The molecule has 0 spiro atoms. The molecule has 0 unspecified atom stereocenters. The van der Waals surface area contributed by atoms with E-state index in [0.29, 0.717) is 13.1 Å². The predicted octanol–water partition coefficient (Wildman–Crippen LogP) is 4.20. The fraction of sp³-hybridized carbons (Fsp3) is 0.238. The lowest BCUT2D eigenvalue weighted by atomic mass is 10.1. The highest BCUT2D eigenvalue weighted by molar-refractivity contribution is 7.89. The molecular weight excluding hydrogens is 429 g/mol. The number of hydrogen-bond donors (Lipinski definition) is 1. The van der Waals surface area contributed by atoms with Gasteiger partial charge in [-0.3, -0.25) is 4.79 Å². The van der Waals surface area contributed by atoms with Crippen LogP contribution in [0.25, 0.3) is 6.08 Å². The van der Waals surface area contributed by atoms with Gasteiger partial charge in [0, 0.05) is 24.3 Å². The molecule has 0 aromatic heterocycles. The first-order chi connectivity index (χ1) is 14.3. The third-order valence-electron chi connectivity index (χ3n) is 4.70. The Morgan fingerprint density at radius 3 is 2.53 bits per heavy atom. The Kier molecular flexibility index (Phi) is 6.87. The van der Waals surface area contributed by atoms with Crippen LogP contribution in [0, 0.1) is 17.1 Å². The summed E-state index contributed by atoms with van der Waals surface area (Å²) < 4.78 is 41.0. The number of sulfonamides is 1. The average molecular weight is 448 g/mol. The highest BCUT2D eigenvalue weighted by Gasteiger charge is 2.26. The van der Waals surface area contributed by atoms with Gasteiger partial charge in [0.2, 0.25) is 10.0 Å². The largest absolute Gasteiger partial charge is 0.321 e. The van der Waals surface area contributed by atoms with E-state index in [1.807, 2.05) is 0 Å². The molecule has 30 heavy (non-hydrogen) atoms. The monoisotopic (exact) mass is 447 g/mol. The van der Waals surface area contributed by atoms with Crippen molar-refractivity contribution in [3.8, 4) is 6.07 Å². The summed E-state index contributed by atoms with van der Waals surface area (Å²) in [6, 6.07) is 11.6. The van der Waals surface area contributed by atoms with Gasteiger partial charge in [0.15, 0.2) is 0 Å². The van der Waals surface area contributed by atoms with Gasteiger partial charge in [0.05, 0.1) is 9.92 Å². The summed E-state index contributed by atoms with van der Waals surface area (Å²) in [7, 11) is -3.67. The van der Waals surface area contributed by atoms with Gasteiger partial charge in [-0.25, -0.2) is 12.8 Å². The van der Waals surface area contributed by atoms with Gasteiger partial charge in [0.25, 0.3) is 5.91 Å². The maximum absolute atomic E-state index is 14.0. The van der Waals surface area contributed by atoms with E-state index in [1.165, 1.54) is 46.8 Å². The molecule has 0 saturated carbocycles. The van der Waals surface area contributed by atoms with Crippen LogP contribution in [0.5, 0.6) is 0 Å². The molecule has 2 aromatic rings. The molecule has 0 radical (unpaired) electrons. The van der Waals surface area contributed by atoms with Crippen LogP contribution < -0.4 is 5.32 Å². The number of amides is 1. The predicted molar refractivity (Wildman–Crippen MR) is 113 cm³/mol. The van der Waals surface area contributed by atoms with Crippen molar-refractivity contribution in [2.24, 2.45) is 0 Å². The van der Waals surface area contributed by atoms with Crippen molar-refractivity contribution >= 4 is 39.3 Å². The SMILES string of the molecule is N#C/C(=C\c1c(F)cccc1Cl)C(=O)Nc1cccc(S(=O)(=O)N2CCCCC2)c1. The summed E-state index contributed by atoms with van der Waals surface area (Å²) in [6.45, 7) is 0.924. The number of piperidine rings is 1. The normalized spacial score (nSPS) is 15.4. The number of carbonyl (C=O) groups is 1. The highest BCUT2D eigenvalue weighted by Crippen LogP contribution is 2.24. The molecule has 0 bridgehead atoms. The second-order valence-corrected chi connectivity index (χ2v) is 9.10. The fourth-order valence-electron chi connectivity index (χ4n) is 3.13. The number of nitrogens with zero attached hydrogens (tertiary/aromatic N) is 2. The van der Waals surface area contributed by atoms with Crippen molar-refractivity contribution in [1.29, 1.82) is 5.26 Å². The zero-order valence-electron chi connectivity index (χ0n) is 15.9. The maximum atomic E-state index is 14.0. The summed E-state index contributed by atoms with van der Waals surface area (Å²) in [5.41, 5.74) is -0.238. The lowest BCUT2D eigenvalue weighted by Gasteiger charge is -2.26. The van der Waals surface area contributed by atoms with Gasteiger partial charge in [-0.05, 0) is 49.2 Å². The lowest BCUT2D eigenvalue weighted by molar-refractivity contribution is -0.112. The summed E-state index contributed by atoms with van der Waals surface area (Å²) >= 11 is 5.94. The van der Waals surface area contributed by atoms with E-state index in [0.717, 1.165) is 25.3 Å². The number of nitrogens with one attached hydrogen (secondary N) is 1. The van der Waals surface area contributed by atoms with Crippen LogP contribution in [0.1, 0.15) is 24.8 Å². The molecule has 1 aliphatic heterocycles. The van der Waals surface area contributed by atoms with Crippen molar-refractivity contribution in [2.45, 2.75) is 24.2 Å². The second-order valence-electron chi connectivity index (χ2n) is 6.75. The molecule has 9 heteroatoms. The Morgan fingerprint density at radius 1 is 1.17 bits per heavy atom. The molecule has 1 N–H and O–H groups in total. The van der Waals surface area contributed by atoms with Crippen molar-refractivity contribution in [1.82, 2.24) is 4.31 Å². The summed E-state index contributed by atoms with van der Waals surface area (Å²) in [5, 5.41) is 11.9. The van der Waals surface area contributed by atoms with E-state index < -0.39 is 21.7 Å². The molecule has 3 rings (SSSR count). The van der Waals surface area contributed by atoms with Crippen LogP contribution in [0.2, 0.25) is 5.02 Å². The maximum Gasteiger partial charge on any atom is 0.266 e. The van der Waals surface area contributed by atoms with E-state index in [1.54, 1.807) is 6.07 Å². The van der Waals surface area contributed by atoms with Crippen LogP contribution in [0.3, 0.4) is 0 Å². The van der Waals surface area contributed by atoms with Crippen molar-refractivity contribution in [3.63, 3.8) is 0 Å². The molecule has 156 valence electrons. The summed E-state index contributed by atoms with van der Waals surface area (Å²) in [5.74, 6) is -1.47. The van der Waals surface area contributed by atoms with Crippen LogP contribution in [0.4, 0.5) is 10.1 Å². The highest BCUT2D eigenvalue weighted by atomic mass is 35.5. The second kappa shape index (κ2) is 9.39. The molecule has 1 heterocycles. The number of halogens is 2. The van der Waals surface area contributed by atoms with Crippen LogP contribution >= 0.6 is 11.6 Å². The topological polar surface area (TPSA) is 90.3 Å². The molecule has 1 saturated heterocycles. The van der Waals surface area contributed by atoms with Gasteiger partial charge in [-0.2, -0.15) is 9.57 Å². The fourth-order valence-corrected chi connectivity index (χ4v) is 4.91. The quantitative estimate of drug-likeness (QED) is 0.549. The summed E-state index contributed by atoms with van der Waals surface area (Å²) in [6.07, 6.45) is 3.67. The molecule has 1 aliphatic rings. The van der Waals surface area contributed by atoms with E-state index >= 15 is 0 Å². The number of nitriles is 1. The molecule has 2 aromatic carbocycles. The van der Waals surface area contributed by atoms with Gasteiger partial charge < -0.3 is 5.32 Å². The van der Waals surface area contributed by atoms with Gasteiger partial charge in [-0.15, -0.1) is 0 Å². The minimum Gasteiger partial charge on any atom is -0.321 e. The van der Waals surface area contributed by atoms with Gasteiger partial charge in [0.1, 0.15) is 17.5 Å². The van der Waals surface area contributed by atoms with E-state index in [2.05, 4.69) is 5.32 Å². The molecule has 6 nitrogen and oxygen atoms in total. The van der Waals surface area contributed by atoms with E-state index in [4.69, 9.17) is 11.6 Å². The third-order valence-corrected chi connectivity index (χ3v) is 6.92. The average Bonchev–Trinajstić information content (AvgIpc) is 2.74. The Hall–Kier alpha value is -2.73. The smallest absolute Gasteiger partial charge is 0.266 e. The minimum atomic E-state index is -3.67. The number of anilines is 1. The first kappa shape index (κ1) is 22.0. The standard InChI is InChI=1S/C21H19ClFN3O3S/c22-19-8-5-9-20(23)18(19)12-15(14-24)21(27)25-16-6-4-7-17(13-16)30(28,29)26-10-2-1-3-11-26/h4-9,12-13H,1-3,10-11H2,(H,25,27)/b15-12+. The molecule has 0 aliphatic carbocycles. The number of rotatable bonds is 5. The van der Waals surface area contributed by atoms with E-state index in [9.17, 15) is 22.9 Å². The van der Waals surface area contributed by atoms with Crippen molar-refractivity contribution in [3.05, 3.63) is 64.4 Å². The molecular formula is C21H19ClFN3O3S. The number of benzene rings is 2. The number of carbonyl (C=O) groups excluding carboxylic acids is 1. The summed E-state index contributed by atoms with van der Waals surface area (Å²) in [4.78, 5) is 12.6. The number of hydrogen-bond acceptors (Lipinski definition) is 4. The van der Waals surface area contributed by atoms with Crippen molar-refractivity contribution < 1.29 is 17.6 Å². The van der Waals surface area contributed by atoms with Crippen molar-refractivity contribution in [2.75, 3.05) is 18.4 Å². The Bertz CT molecular complexity index is 1120. The van der Waals surface area contributed by atoms with Gasteiger partial charge >= 0.3 is 0 Å². The molecule has 1 fully saturated rings. The minimum absolute atomic E-state index is 0.0573. The Morgan fingerprint density at radius 2 is 1.87 bits per heavy atom. The van der Waals surface area contributed by atoms with Crippen LogP contribution in [-0.4, -0.2) is 31.7 Å². The van der Waals surface area contributed by atoms with E-state index in [-0.39, 0.29) is 26.7 Å². The Balaban J connectivity index is 1.84. The Labute approximate surface area is 179 Å². The molecule has 1 amide bonds. The zero-order chi connectivity index (χ0) is 21.7. The van der Waals surface area contributed by atoms with Crippen LogP contribution in [-0.2, 0) is 14.8 Å². The van der Waals surface area contributed by atoms with Crippen LogP contribution in [0.15, 0.2) is 52.9 Å². The first-order valence-corrected chi connectivity index (χ1v) is 11.1. The zero-order valence-corrected chi connectivity index (χ0v) is 17.5. The van der Waals surface area contributed by atoms with Gasteiger partial charge in [-0.1, -0.05) is 30.2 Å². The molecule has 0 atom stereocenters.